The van der Waals surface area contributed by atoms with Crippen molar-refractivity contribution in [2.75, 3.05) is 24.5 Å². The fraction of sp³-hybridized carbons (Fsp3) is 0.267. The van der Waals surface area contributed by atoms with E-state index in [1.54, 1.807) is 11.0 Å². The lowest BCUT2D eigenvalue weighted by molar-refractivity contribution is -0.122. The first-order chi connectivity index (χ1) is 17.9. The summed E-state index contributed by atoms with van der Waals surface area (Å²) in [5.74, 6) is -0.357. The molecule has 0 fully saturated rings. The van der Waals surface area contributed by atoms with Crippen LogP contribution in [0, 0.1) is 0 Å². The Labute approximate surface area is 228 Å². The minimum atomic E-state index is -0.187. The fourth-order valence-electron chi connectivity index (χ4n) is 4.21. The van der Waals surface area contributed by atoms with E-state index in [4.69, 9.17) is 11.6 Å². The van der Waals surface area contributed by atoms with E-state index in [1.165, 1.54) is 17.3 Å². The highest BCUT2D eigenvalue weighted by molar-refractivity contribution is 8.04. The number of rotatable bonds is 10. The first-order valence-corrected chi connectivity index (χ1v) is 13.7. The Morgan fingerprint density at radius 3 is 2.57 bits per heavy atom. The maximum Gasteiger partial charge on any atom is 0.265 e. The molecule has 3 aromatic carbocycles. The van der Waals surface area contributed by atoms with Crippen molar-refractivity contribution in [2.45, 2.75) is 37.8 Å². The molecule has 192 valence electrons. The zero-order valence-corrected chi connectivity index (χ0v) is 22.8. The number of thioether (sulfide) groups is 1. The Morgan fingerprint density at radius 1 is 1.05 bits per heavy atom. The minimum Gasteiger partial charge on any atom is -0.355 e. The second-order valence-electron chi connectivity index (χ2n) is 9.28. The van der Waals surface area contributed by atoms with Gasteiger partial charge in [-0.2, -0.15) is 0 Å². The third kappa shape index (κ3) is 7.48. The van der Waals surface area contributed by atoms with Crippen LogP contribution in [0.3, 0.4) is 0 Å². The van der Waals surface area contributed by atoms with Crippen LogP contribution in [0.15, 0.2) is 88.7 Å². The van der Waals surface area contributed by atoms with E-state index < -0.39 is 0 Å². The van der Waals surface area contributed by atoms with Gasteiger partial charge in [-0.05, 0) is 61.7 Å². The number of para-hydroxylation sites is 1. The molecule has 0 radical (unpaired) electrons. The summed E-state index contributed by atoms with van der Waals surface area (Å²) in [6.07, 6.45) is 2.66. The second-order valence-corrected chi connectivity index (χ2v) is 10.8. The smallest absolute Gasteiger partial charge is 0.265 e. The summed E-state index contributed by atoms with van der Waals surface area (Å²) < 4.78 is 0. The molecule has 2 amide bonds. The van der Waals surface area contributed by atoms with Crippen molar-refractivity contribution >= 4 is 46.9 Å². The van der Waals surface area contributed by atoms with E-state index in [2.05, 4.69) is 48.3 Å². The van der Waals surface area contributed by atoms with Gasteiger partial charge in [0.25, 0.3) is 5.91 Å². The Kier molecular flexibility index (Phi) is 9.45. The highest BCUT2D eigenvalue weighted by Gasteiger charge is 2.30. The maximum absolute atomic E-state index is 13.4. The summed E-state index contributed by atoms with van der Waals surface area (Å²) in [4.78, 5) is 31.7. The van der Waals surface area contributed by atoms with Gasteiger partial charge in [0, 0.05) is 35.6 Å². The number of amides is 2. The van der Waals surface area contributed by atoms with Crippen LogP contribution < -0.4 is 10.2 Å². The van der Waals surface area contributed by atoms with E-state index >= 15 is 0 Å². The summed E-state index contributed by atoms with van der Waals surface area (Å²) in [6, 6.07) is 25.9. The molecule has 1 N–H and O–H groups in total. The van der Waals surface area contributed by atoms with Gasteiger partial charge in [-0.25, -0.2) is 0 Å². The Morgan fingerprint density at radius 2 is 1.81 bits per heavy atom. The van der Waals surface area contributed by atoms with Crippen LogP contribution in [0.5, 0.6) is 0 Å². The Hall–Kier alpha value is -3.06. The average molecular weight is 534 g/mol. The topological polar surface area (TPSA) is 52.7 Å². The van der Waals surface area contributed by atoms with Gasteiger partial charge < -0.3 is 5.32 Å². The summed E-state index contributed by atoms with van der Waals surface area (Å²) in [7, 11) is 0. The molecule has 0 atom stereocenters. The quantitative estimate of drug-likeness (QED) is 0.248. The highest BCUT2D eigenvalue weighted by Crippen LogP contribution is 2.42. The molecule has 4 rings (SSSR count). The molecule has 0 saturated heterocycles. The predicted molar refractivity (Wildman–Crippen MR) is 154 cm³/mol. The number of anilines is 1. The maximum atomic E-state index is 13.4. The highest BCUT2D eigenvalue weighted by atomic mass is 35.5. The first-order valence-electron chi connectivity index (χ1n) is 12.5. The van der Waals surface area contributed by atoms with Gasteiger partial charge in [-0.1, -0.05) is 78.0 Å². The average Bonchev–Trinajstić information content (AvgIpc) is 2.89. The standard InChI is InChI=1S/C30H32ClN3O2S/c1-22(2)33(20-23-10-4-3-5-11-23)17-9-16-32-29(35)21-34-26-14-6-7-15-27(26)37-28(30(34)36)19-24-12-8-13-25(31)18-24/h3-8,10-15,18-19,22H,9,16-17,20-21H2,1-2H3,(H,32,35)/b28-19-. The van der Waals surface area contributed by atoms with Gasteiger partial charge in [-0.3, -0.25) is 19.4 Å². The SMILES string of the molecule is CC(C)N(CCCNC(=O)CN1C(=O)/C(=C/c2cccc(Cl)c2)Sc2ccccc21)Cc1ccccc1. The molecule has 0 spiro atoms. The van der Waals surface area contributed by atoms with Crippen LogP contribution >= 0.6 is 23.4 Å². The number of nitrogens with one attached hydrogen (secondary N) is 1. The summed E-state index contributed by atoms with van der Waals surface area (Å²) in [6.45, 7) is 6.66. The summed E-state index contributed by atoms with van der Waals surface area (Å²) in [5.41, 5.74) is 2.88. The van der Waals surface area contributed by atoms with Crippen molar-refractivity contribution in [3.63, 3.8) is 0 Å². The third-order valence-electron chi connectivity index (χ3n) is 6.18. The normalized spacial score (nSPS) is 14.4. The van der Waals surface area contributed by atoms with Crippen LogP contribution in [0.4, 0.5) is 5.69 Å². The Bertz CT molecular complexity index is 1260. The molecule has 5 nitrogen and oxygen atoms in total. The lowest BCUT2D eigenvalue weighted by Gasteiger charge is -2.30. The van der Waals surface area contributed by atoms with Crippen molar-refractivity contribution in [1.82, 2.24) is 10.2 Å². The van der Waals surface area contributed by atoms with Gasteiger partial charge in [0.2, 0.25) is 5.91 Å². The van der Waals surface area contributed by atoms with Gasteiger partial charge in [0.15, 0.2) is 0 Å². The zero-order valence-electron chi connectivity index (χ0n) is 21.2. The van der Waals surface area contributed by atoms with E-state index in [9.17, 15) is 9.59 Å². The Balaban J connectivity index is 1.37. The second kappa shape index (κ2) is 13.0. The first kappa shape index (κ1) is 27.0. The molecule has 0 saturated carbocycles. The zero-order chi connectivity index (χ0) is 26.2. The lowest BCUT2D eigenvalue weighted by Crippen LogP contribution is -2.43. The molecule has 0 aliphatic carbocycles. The number of hydrogen-bond acceptors (Lipinski definition) is 4. The third-order valence-corrected chi connectivity index (χ3v) is 7.50. The van der Waals surface area contributed by atoms with Crippen LogP contribution in [0.1, 0.15) is 31.4 Å². The molecule has 1 aliphatic heterocycles. The molecular formula is C30H32ClN3O2S. The van der Waals surface area contributed by atoms with E-state index in [1.807, 2.05) is 54.6 Å². The summed E-state index contributed by atoms with van der Waals surface area (Å²) >= 11 is 7.54. The number of fused-ring (bicyclic) bond motifs is 1. The number of hydrogen-bond donors (Lipinski definition) is 1. The number of nitrogens with zero attached hydrogens (tertiary/aromatic N) is 2. The molecule has 3 aromatic rings. The van der Waals surface area contributed by atoms with E-state index in [-0.39, 0.29) is 18.4 Å². The number of carbonyl (C=O) groups is 2. The van der Waals surface area contributed by atoms with Crippen molar-refractivity contribution in [3.05, 3.63) is 99.9 Å². The van der Waals surface area contributed by atoms with Crippen LogP contribution in [-0.2, 0) is 16.1 Å². The van der Waals surface area contributed by atoms with Crippen LogP contribution in [0.25, 0.3) is 6.08 Å². The number of benzene rings is 3. The van der Waals surface area contributed by atoms with Gasteiger partial charge >= 0.3 is 0 Å². The number of halogens is 1. The number of carbonyl (C=O) groups excluding carboxylic acids is 2. The van der Waals surface area contributed by atoms with Gasteiger partial charge in [0.05, 0.1) is 10.6 Å². The fourth-order valence-corrected chi connectivity index (χ4v) is 5.47. The largest absolute Gasteiger partial charge is 0.355 e. The van der Waals surface area contributed by atoms with Gasteiger partial charge in [-0.15, -0.1) is 0 Å². The van der Waals surface area contributed by atoms with Gasteiger partial charge in [0.1, 0.15) is 6.54 Å². The monoisotopic (exact) mass is 533 g/mol. The molecule has 1 aliphatic rings. The molecule has 0 aromatic heterocycles. The van der Waals surface area contributed by atoms with Crippen molar-refractivity contribution in [1.29, 1.82) is 0 Å². The van der Waals surface area contributed by atoms with Crippen LogP contribution in [-0.4, -0.2) is 42.4 Å². The van der Waals surface area contributed by atoms with E-state index in [0.717, 1.165) is 35.7 Å². The summed E-state index contributed by atoms with van der Waals surface area (Å²) in [5, 5.41) is 3.62. The van der Waals surface area contributed by atoms with Crippen molar-refractivity contribution < 1.29 is 9.59 Å². The lowest BCUT2D eigenvalue weighted by atomic mass is 10.2. The molecule has 1 heterocycles. The molecule has 0 unspecified atom stereocenters. The predicted octanol–water partition coefficient (Wildman–Crippen LogP) is 6.24. The molecule has 0 bridgehead atoms. The van der Waals surface area contributed by atoms with Crippen LogP contribution in [0.2, 0.25) is 5.02 Å². The minimum absolute atomic E-state index is 0.0266. The molecule has 7 heteroatoms. The molecular weight excluding hydrogens is 502 g/mol. The van der Waals surface area contributed by atoms with Crippen molar-refractivity contribution in [3.8, 4) is 0 Å². The van der Waals surface area contributed by atoms with Crippen molar-refractivity contribution in [2.24, 2.45) is 0 Å². The molecule has 37 heavy (non-hydrogen) atoms. The van der Waals surface area contributed by atoms with E-state index in [0.29, 0.717) is 22.5 Å².